The van der Waals surface area contributed by atoms with Gasteiger partial charge in [0.25, 0.3) is 0 Å². The van der Waals surface area contributed by atoms with Crippen molar-refractivity contribution < 1.29 is 4.79 Å². The molecule has 0 aromatic rings. The minimum Gasteiger partial charge on any atom is -0.339 e. The van der Waals surface area contributed by atoms with Crippen molar-refractivity contribution in [2.75, 3.05) is 6.54 Å². The summed E-state index contributed by atoms with van der Waals surface area (Å²) in [5.41, 5.74) is 5.98. The number of hydrogen-bond donors (Lipinski definition) is 1. The molecular weight excluding hydrogens is 248 g/mol. The lowest BCUT2D eigenvalue weighted by Gasteiger charge is -2.49. The highest BCUT2D eigenvalue weighted by Crippen LogP contribution is 2.44. The summed E-state index contributed by atoms with van der Waals surface area (Å²) in [4.78, 5) is 15.4. The van der Waals surface area contributed by atoms with Gasteiger partial charge in [-0.2, -0.15) is 0 Å². The van der Waals surface area contributed by atoms with Gasteiger partial charge >= 0.3 is 0 Å². The van der Waals surface area contributed by atoms with Crippen molar-refractivity contribution in [1.82, 2.24) is 4.90 Å². The fraction of sp³-hybridized carbons (Fsp3) is 0.941. The van der Waals surface area contributed by atoms with E-state index in [0.29, 0.717) is 11.9 Å². The molecule has 5 atom stereocenters. The van der Waals surface area contributed by atoms with Crippen molar-refractivity contribution in [2.24, 2.45) is 23.0 Å². The van der Waals surface area contributed by atoms with Crippen LogP contribution < -0.4 is 5.73 Å². The highest BCUT2D eigenvalue weighted by molar-refractivity contribution is 5.84. The summed E-state index contributed by atoms with van der Waals surface area (Å²) >= 11 is 0. The quantitative estimate of drug-likeness (QED) is 0.801. The minimum atomic E-state index is -0.289. The summed E-state index contributed by atoms with van der Waals surface area (Å²) < 4.78 is 0. The normalized spacial score (nSPS) is 45.2. The van der Waals surface area contributed by atoms with E-state index in [2.05, 4.69) is 18.7 Å². The number of nitrogens with two attached hydrogens (primary N) is 1. The summed E-state index contributed by atoms with van der Waals surface area (Å²) in [5.74, 6) is 1.89. The first-order valence-electron chi connectivity index (χ1n) is 8.60. The highest BCUT2D eigenvalue weighted by atomic mass is 16.2. The molecule has 0 bridgehead atoms. The number of carbonyl (C=O) groups excluding carboxylic acids is 1. The van der Waals surface area contributed by atoms with Gasteiger partial charge in [-0.25, -0.2) is 0 Å². The first-order chi connectivity index (χ1) is 9.54. The van der Waals surface area contributed by atoms with Crippen molar-refractivity contribution >= 4 is 5.91 Å². The van der Waals surface area contributed by atoms with Crippen molar-refractivity contribution in [3.63, 3.8) is 0 Å². The molecule has 5 unspecified atom stereocenters. The molecule has 3 fully saturated rings. The zero-order chi connectivity index (χ0) is 14.3. The fourth-order valence-corrected chi connectivity index (χ4v) is 4.95. The van der Waals surface area contributed by atoms with E-state index in [0.717, 1.165) is 37.6 Å². The highest BCUT2D eigenvalue weighted by Gasteiger charge is 2.49. The lowest BCUT2D eigenvalue weighted by Crippen LogP contribution is -2.58. The smallest absolute Gasteiger partial charge is 0.230 e. The molecule has 2 saturated carbocycles. The van der Waals surface area contributed by atoms with Crippen molar-refractivity contribution in [3.8, 4) is 0 Å². The molecule has 0 radical (unpaired) electrons. The number of piperidine rings is 1. The second-order valence-corrected chi connectivity index (χ2v) is 7.70. The number of fused-ring (bicyclic) bond motifs is 1. The average molecular weight is 278 g/mol. The molecule has 1 amide bonds. The Hall–Kier alpha value is -0.570. The summed E-state index contributed by atoms with van der Waals surface area (Å²) in [6.45, 7) is 5.46. The van der Waals surface area contributed by atoms with E-state index in [4.69, 9.17) is 5.73 Å². The second kappa shape index (κ2) is 5.32. The van der Waals surface area contributed by atoms with Crippen LogP contribution in [-0.4, -0.2) is 29.4 Å². The molecule has 20 heavy (non-hydrogen) atoms. The monoisotopic (exact) mass is 278 g/mol. The SMILES string of the molecule is CC1CCN(C(=O)C2(C)CCCC2N)C2CCCCC12. The van der Waals surface area contributed by atoms with Gasteiger partial charge in [0.2, 0.25) is 5.91 Å². The topological polar surface area (TPSA) is 46.3 Å². The van der Waals surface area contributed by atoms with E-state index in [-0.39, 0.29) is 11.5 Å². The molecule has 0 spiro atoms. The lowest BCUT2D eigenvalue weighted by molar-refractivity contribution is -0.149. The van der Waals surface area contributed by atoms with Crippen LogP contribution in [0.25, 0.3) is 0 Å². The Balaban J connectivity index is 1.80. The zero-order valence-electron chi connectivity index (χ0n) is 13.1. The molecule has 3 aliphatic rings. The van der Waals surface area contributed by atoms with Crippen LogP contribution in [0.2, 0.25) is 0 Å². The van der Waals surface area contributed by atoms with Crippen LogP contribution in [0.15, 0.2) is 0 Å². The van der Waals surface area contributed by atoms with E-state index in [9.17, 15) is 4.79 Å². The van der Waals surface area contributed by atoms with Gasteiger partial charge in [-0.05, 0) is 50.9 Å². The molecule has 0 aromatic carbocycles. The van der Waals surface area contributed by atoms with Crippen LogP contribution in [0.1, 0.15) is 65.2 Å². The molecule has 0 aromatic heterocycles. The molecule has 3 nitrogen and oxygen atoms in total. The number of nitrogens with zero attached hydrogens (tertiary/aromatic N) is 1. The van der Waals surface area contributed by atoms with Crippen LogP contribution in [0.5, 0.6) is 0 Å². The largest absolute Gasteiger partial charge is 0.339 e. The van der Waals surface area contributed by atoms with Gasteiger partial charge in [0.05, 0.1) is 5.41 Å². The Kier molecular flexibility index (Phi) is 3.83. The number of rotatable bonds is 1. The molecule has 1 aliphatic heterocycles. The molecule has 2 aliphatic carbocycles. The number of hydrogen-bond acceptors (Lipinski definition) is 2. The molecule has 3 rings (SSSR count). The maximum atomic E-state index is 13.1. The van der Waals surface area contributed by atoms with E-state index >= 15 is 0 Å². The maximum absolute atomic E-state index is 13.1. The third-order valence-electron chi connectivity index (χ3n) is 6.52. The predicted octanol–water partition coefficient (Wildman–Crippen LogP) is 2.93. The van der Waals surface area contributed by atoms with Gasteiger partial charge in [-0.1, -0.05) is 26.2 Å². The van der Waals surface area contributed by atoms with Crippen molar-refractivity contribution in [1.29, 1.82) is 0 Å². The van der Waals surface area contributed by atoms with E-state index < -0.39 is 0 Å². The van der Waals surface area contributed by atoms with Gasteiger partial charge in [0.15, 0.2) is 0 Å². The van der Waals surface area contributed by atoms with Crippen LogP contribution in [0, 0.1) is 17.3 Å². The number of carbonyl (C=O) groups is 1. The zero-order valence-corrected chi connectivity index (χ0v) is 13.1. The van der Waals surface area contributed by atoms with E-state index in [1.807, 2.05) is 0 Å². The van der Waals surface area contributed by atoms with Gasteiger partial charge in [-0.3, -0.25) is 4.79 Å². The predicted molar refractivity (Wildman–Crippen MR) is 81.2 cm³/mol. The fourth-order valence-electron chi connectivity index (χ4n) is 4.95. The molecule has 114 valence electrons. The standard InChI is InChI=1S/C17H30N2O/c1-12-9-11-19(14-7-4-3-6-13(12)14)16(20)17(2)10-5-8-15(17)18/h12-15H,3-11,18H2,1-2H3. The first kappa shape index (κ1) is 14.4. The molecule has 2 N–H and O–H groups in total. The Morgan fingerprint density at radius 2 is 1.90 bits per heavy atom. The molecule has 1 saturated heterocycles. The van der Waals surface area contributed by atoms with Gasteiger partial charge < -0.3 is 10.6 Å². The molecule has 3 heteroatoms. The van der Waals surface area contributed by atoms with Gasteiger partial charge in [0, 0.05) is 18.6 Å². The summed E-state index contributed by atoms with van der Waals surface area (Å²) in [5, 5.41) is 0. The lowest BCUT2D eigenvalue weighted by atomic mass is 9.71. The van der Waals surface area contributed by atoms with Gasteiger partial charge in [0.1, 0.15) is 0 Å². The first-order valence-corrected chi connectivity index (χ1v) is 8.60. The molecule has 1 heterocycles. The third kappa shape index (κ3) is 2.18. The molecular formula is C17H30N2O. The average Bonchev–Trinajstić information content (AvgIpc) is 2.80. The van der Waals surface area contributed by atoms with Crippen LogP contribution in [-0.2, 0) is 4.79 Å². The number of likely N-dealkylation sites (tertiary alicyclic amines) is 1. The van der Waals surface area contributed by atoms with Crippen LogP contribution >= 0.6 is 0 Å². The summed E-state index contributed by atoms with van der Waals surface area (Å²) in [6, 6.07) is 0.570. The number of amides is 1. The maximum Gasteiger partial charge on any atom is 0.230 e. The Labute approximate surface area is 123 Å². The van der Waals surface area contributed by atoms with Crippen LogP contribution in [0.3, 0.4) is 0 Å². The van der Waals surface area contributed by atoms with E-state index in [1.54, 1.807) is 0 Å². The Bertz CT molecular complexity index is 383. The minimum absolute atomic E-state index is 0.0661. The second-order valence-electron chi connectivity index (χ2n) is 7.70. The van der Waals surface area contributed by atoms with Crippen LogP contribution in [0.4, 0.5) is 0 Å². The van der Waals surface area contributed by atoms with Crippen molar-refractivity contribution in [2.45, 2.75) is 77.3 Å². The summed E-state index contributed by atoms with van der Waals surface area (Å²) in [6.07, 6.45) is 9.46. The van der Waals surface area contributed by atoms with Gasteiger partial charge in [-0.15, -0.1) is 0 Å². The van der Waals surface area contributed by atoms with Crippen molar-refractivity contribution in [3.05, 3.63) is 0 Å². The third-order valence-corrected chi connectivity index (χ3v) is 6.52. The Morgan fingerprint density at radius 3 is 2.60 bits per heavy atom. The Morgan fingerprint density at radius 1 is 1.15 bits per heavy atom. The summed E-state index contributed by atoms with van der Waals surface area (Å²) in [7, 11) is 0. The van der Waals surface area contributed by atoms with E-state index in [1.165, 1.54) is 32.1 Å².